The Morgan fingerprint density at radius 3 is 2.45 bits per heavy atom. The number of hydrogen-bond acceptors (Lipinski definition) is 4. The Labute approximate surface area is 65.7 Å². The Morgan fingerprint density at radius 1 is 1.55 bits per heavy atom. The summed E-state index contributed by atoms with van der Waals surface area (Å²) >= 11 is 0. The maximum atomic E-state index is 10.7. The Bertz CT molecular complexity index is 156. The van der Waals surface area contributed by atoms with E-state index in [1.807, 2.05) is 0 Å². The Balaban J connectivity index is 3.60. The highest BCUT2D eigenvalue weighted by Crippen LogP contribution is 1.96. The third-order valence-electron chi connectivity index (χ3n) is 1.31. The minimum absolute atomic E-state index is 0.0318. The summed E-state index contributed by atoms with van der Waals surface area (Å²) in [5, 5.41) is 0. The second-order valence-electron chi connectivity index (χ2n) is 2.37. The fourth-order valence-electron chi connectivity index (χ4n) is 0.628. The molecule has 0 bridgehead atoms. The first-order valence-electron chi connectivity index (χ1n) is 3.40. The van der Waals surface area contributed by atoms with Gasteiger partial charge in [-0.15, -0.1) is 0 Å². The molecule has 0 aromatic carbocycles. The van der Waals surface area contributed by atoms with E-state index < -0.39 is 12.0 Å². The molecule has 0 spiro atoms. The van der Waals surface area contributed by atoms with Crippen LogP contribution < -0.4 is 5.73 Å². The summed E-state index contributed by atoms with van der Waals surface area (Å²) in [5.74, 6) is -0.435. The van der Waals surface area contributed by atoms with Crippen LogP contribution >= 0.6 is 0 Å². The predicted molar refractivity (Wildman–Crippen MR) is 39.9 cm³/mol. The number of hydrogen-bond donors (Lipinski definition) is 1. The van der Waals surface area contributed by atoms with Gasteiger partial charge in [-0.3, -0.25) is 4.79 Å². The highest BCUT2D eigenvalue weighted by molar-refractivity contribution is 5.78. The number of methoxy groups -OCH3 is 1. The monoisotopic (exact) mass is 159 g/mol. The van der Waals surface area contributed by atoms with Crippen LogP contribution in [0.4, 0.5) is 0 Å². The van der Waals surface area contributed by atoms with Crippen LogP contribution in [0.15, 0.2) is 0 Å². The minimum atomic E-state index is -0.663. The number of ether oxygens (including phenoxy) is 1. The smallest absolute Gasteiger partial charge is 0.322 e. The molecule has 0 aromatic rings. The van der Waals surface area contributed by atoms with Crippen LogP contribution in [0.3, 0.4) is 0 Å². The third-order valence-corrected chi connectivity index (χ3v) is 1.31. The zero-order valence-corrected chi connectivity index (χ0v) is 6.79. The molecule has 2 N–H and O–H groups in total. The van der Waals surface area contributed by atoms with Crippen LogP contribution in [0, 0.1) is 0 Å². The topological polar surface area (TPSA) is 69.4 Å². The van der Waals surface area contributed by atoms with E-state index in [4.69, 9.17) is 5.73 Å². The number of esters is 1. The molecule has 0 heterocycles. The molecule has 1 atom stereocenters. The lowest BCUT2D eigenvalue weighted by Gasteiger charge is -2.06. The number of ketones is 1. The van der Waals surface area contributed by atoms with Crippen molar-refractivity contribution in [2.75, 3.05) is 7.11 Å². The van der Waals surface area contributed by atoms with Gasteiger partial charge in [0.25, 0.3) is 0 Å². The van der Waals surface area contributed by atoms with E-state index in [-0.39, 0.29) is 5.78 Å². The lowest BCUT2D eigenvalue weighted by Crippen LogP contribution is -2.31. The van der Waals surface area contributed by atoms with E-state index in [1.165, 1.54) is 14.0 Å². The second-order valence-corrected chi connectivity index (χ2v) is 2.37. The van der Waals surface area contributed by atoms with Gasteiger partial charge in [0.05, 0.1) is 7.11 Å². The minimum Gasteiger partial charge on any atom is -0.468 e. The summed E-state index contributed by atoms with van der Waals surface area (Å²) in [6.45, 7) is 1.46. The van der Waals surface area contributed by atoms with Crippen molar-refractivity contribution in [2.24, 2.45) is 5.73 Å². The van der Waals surface area contributed by atoms with Crippen molar-refractivity contribution in [3.63, 3.8) is 0 Å². The van der Waals surface area contributed by atoms with Crippen molar-refractivity contribution < 1.29 is 14.3 Å². The van der Waals surface area contributed by atoms with E-state index in [0.717, 1.165) is 0 Å². The number of carbonyl (C=O) groups is 2. The van der Waals surface area contributed by atoms with Crippen molar-refractivity contribution in [1.82, 2.24) is 0 Å². The largest absolute Gasteiger partial charge is 0.468 e. The van der Waals surface area contributed by atoms with Gasteiger partial charge in [0.1, 0.15) is 11.8 Å². The van der Waals surface area contributed by atoms with Crippen LogP contribution in [0.25, 0.3) is 0 Å². The fourth-order valence-corrected chi connectivity index (χ4v) is 0.628. The molecule has 1 unspecified atom stereocenters. The highest BCUT2D eigenvalue weighted by Gasteiger charge is 2.13. The molecule has 0 aliphatic heterocycles. The van der Waals surface area contributed by atoms with Gasteiger partial charge in [-0.2, -0.15) is 0 Å². The second kappa shape index (κ2) is 4.85. The van der Waals surface area contributed by atoms with Gasteiger partial charge in [0.15, 0.2) is 0 Å². The summed E-state index contributed by atoms with van der Waals surface area (Å²) in [5.41, 5.74) is 5.35. The molecule has 64 valence electrons. The Hall–Kier alpha value is -0.900. The summed E-state index contributed by atoms with van der Waals surface area (Å²) < 4.78 is 4.37. The number of nitrogens with two attached hydrogens (primary N) is 1. The lowest BCUT2D eigenvalue weighted by molar-refractivity contribution is -0.142. The van der Waals surface area contributed by atoms with Gasteiger partial charge in [0.2, 0.25) is 0 Å². The lowest BCUT2D eigenvalue weighted by atomic mass is 10.1. The maximum Gasteiger partial charge on any atom is 0.322 e. The number of Topliss-reactive ketones (excluding diaryl/α,β-unsaturated/α-hetero) is 1. The molecule has 4 nitrogen and oxygen atoms in total. The van der Waals surface area contributed by atoms with Crippen molar-refractivity contribution in [1.29, 1.82) is 0 Å². The van der Waals surface area contributed by atoms with Gasteiger partial charge in [-0.1, -0.05) is 0 Å². The molecule has 0 fully saturated rings. The molecule has 0 saturated heterocycles. The van der Waals surface area contributed by atoms with E-state index in [1.54, 1.807) is 0 Å². The quantitative estimate of drug-likeness (QED) is 0.579. The summed E-state index contributed by atoms with van der Waals surface area (Å²) in [6.07, 6.45) is 0.693. The van der Waals surface area contributed by atoms with Gasteiger partial charge in [-0.05, 0) is 13.3 Å². The molecule has 0 aromatic heterocycles. The Kier molecular flexibility index (Phi) is 4.45. The van der Waals surface area contributed by atoms with E-state index in [9.17, 15) is 9.59 Å². The Morgan fingerprint density at radius 2 is 2.09 bits per heavy atom. The highest BCUT2D eigenvalue weighted by atomic mass is 16.5. The van der Waals surface area contributed by atoms with Gasteiger partial charge in [-0.25, -0.2) is 0 Å². The fraction of sp³-hybridized carbons (Fsp3) is 0.714. The van der Waals surface area contributed by atoms with Crippen LogP contribution in [0.5, 0.6) is 0 Å². The van der Waals surface area contributed by atoms with Crippen molar-refractivity contribution in [3.05, 3.63) is 0 Å². The summed E-state index contributed by atoms with van der Waals surface area (Å²) in [7, 11) is 1.27. The first-order valence-corrected chi connectivity index (χ1v) is 3.40. The predicted octanol–water partition coefficient (Wildman–Crippen LogP) is -0.144. The molecule has 0 amide bonds. The van der Waals surface area contributed by atoms with E-state index >= 15 is 0 Å². The van der Waals surface area contributed by atoms with Crippen LogP contribution in [0.2, 0.25) is 0 Å². The molecular weight excluding hydrogens is 146 g/mol. The molecule has 4 heteroatoms. The zero-order chi connectivity index (χ0) is 8.85. The first kappa shape index (κ1) is 10.1. The van der Waals surface area contributed by atoms with Gasteiger partial charge < -0.3 is 15.3 Å². The van der Waals surface area contributed by atoms with E-state index in [2.05, 4.69) is 4.74 Å². The van der Waals surface area contributed by atoms with E-state index in [0.29, 0.717) is 12.8 Å². The average Bonchev–Trinajstić information content (AvgIpc) is 1.98. The van der Waals surface area contributed by atoms with Crippen molar-refractivity contribution in [3.8, 4) is 0 Å². The summed E-state index contributed by atoms with van der Waals surface area (Å²) in [6, 6.07) is -0.663. The molecular formula is C7H13NO3. The summed E-state index contributed by atoms with van der Waals surface area (Å²) in [4.78, 5) is 21.1. The molecule has 0 aliphatic rings. The van der Waals surface area contributed by atoms with Crippen molar-refractivity contribution >= 4 is 11.8 Å². The van der Waals surface area contributed by atoms with Crippen LogP contribution in [-0.4, -0.2) is 24.9 Å². The number of carbonyl (C=O) groups excluding carboxylic acids is 2. The normalized spacial score (nSPS) is 12.3. The van der Waals surface area contributed by atoms with Gasteiger partial charge >= 0.3 is 5.97 Å². The standard InChI is InChI=1S/C7H13NO3/c1-5(9)3-4-6(8)7(10)11-2/h6H,3-4,8H2,1-2H3. The average molecular weight is 159 g/mol. The zero-order valence-electron chi connectivity index (χ0n) is 6.79. The van der Waals surface area contributed by atoms with Crippen LogP contribution in [-0.2, 0) is 14.3 Å². The molecule has 11 heavy (non-hydrogen) atoms. The molecule has 0 rings (SSSR count). The van der Waals surface area contributed by atoms with Crippen molar-refractivity contribution in [2.45, 2.75) is 25.8 Å². The van der Waals surface area contributed by atoms with Gasteiger partial charge in [0, 0.05) is 6.42 Å². The molecule has 0 saturated carbocycles. The van der Waals surface area contributed by atoms with Crippen LogP contribution in [0.1, 0.15) is 19.8 Å². The third kappa shape index (κ3) is 4.50. The number of rotatable bonds is 4. The SMILES string of the molecule is COC(=O)C(N)CCC(C)=O. The first-order chi connectivity index (χ1) is 5.07. The molecule has 0 aliphatic carbocycles. The maximum absolute atomic E-state index is 10.7. The molecule has 0 radical (unpaired) electrons.